The molecule has 0 fully saturated rings. The van der Waals surface area contributed by atoms with E-state index in [0.29, 0.717) is 5.69 Å². The second kappa shape index (κ2) is 6.18. The van der Waals surface area contributed by atoms with Crippen LogP contribution in [-0.2, 0) is 16.4 Å². The Morgan fingerprint density at radius 2 is 1.57 bits per heavy atom. The summed E-state index contributed by atoms with van der Waals surface area (Å²) in [5, 5.41) is 2.97. The van der Waals surface area contributed by atoms with Gasteiger partial charge in [0.2, 0.25) is 0 Å². The Bertz CT molecular complexity index is 692. The highest BCUT2D eigenvalue weighted by Gasteiger charge is 2.20. The monoisotopic (exact) mass is 304 g/mol. The van der Waals surface area contributed by atoms with Crippen molar-refractivity contribution >= 4 is 21.4 Å². The molecule has 0 heterocycles. The lowest BCUT2D eigenvalue weighted by molar-refractivity contribution is 0.594. The van der Waals surface area contributed by atoms with E-state index in [-0.39, 0.29) is 4.90 Å². The summed E-state index contributed by atoms with van der Waals surface area (Å²) in [6, 6.07) is 14.3. The molecular formula is C16H20N2O2S. The predicted molar refractivity (Wildman–Crippen MR) is 87.4 cm³/mol. The van der Waals surface area contributed by atoms with Gasteiger partial charge >= 0.3 is 0 Å². The van der Waals surface area contributed by atoms with Crippen LogP contribution in [0.2, 0.25) is 0 Å². The van der Waals surface area contributed by atoms with E-state index in [0.717, 1.165) is 12.1 Å². The zero-order chi connectivity index (χ0) is 15.5. The second-order valence-electron chi connectivity index (χ2n) is 4.77. The average molecular weight is 304 g/mol. The molecule has 0 spiro atoms. The van der Waals surface area contributed by atoms with Crippen LogP contribution in [0.5, 0.6) is 0 Å². The van der Waals surface area contributed by atoms with Crippen LogP contribution in [-0.4, -0.2) is 22.5 Å². The van der Waals surface area contributed by atoms with Crippen LogP contribution < -0.4 is 9.62 Å². The van der Waals surface area contributed by atoms with E-state index in [1.165, 1.54) is 9.87 Å². The number of sulfonamides is 1. The second-order valence-corrected chi connectivity index (χ2v) is 6.74. The molecule has 0 atom stereocenters. The highest BCUT2D eigenvalue weighted by Crippen LogP contribution is 2.23. The SMILES string of the molecule is CCc1ccc(N(C)S(=O)(=O)c2ccc(NC)cc2)cc1. The Kier molecular flexibility index (Phi) is 4.53. The molecule has 0 aliphatic carbocycles. The molecule has 2 rings (SSSR count). The van der Waals surface area contributed by atoms with Crippen LogP contribution in [0.15, 0.2) is 53.4 Å². The number of rotatable bonds is 5. The van der Waals surface area contributed by atoms with Crippen LogP contribution in [0.25, 0.3) is 0 Å². The maximum Gasteiger partial charge on any atom is 0.264 e. The topological polar surface area (TPSA) is 49.4 Å². The lowest BCUT2D eigenvalue weighted by Gasteiger charge is -2.20. The van der Waals surface area contributed by atoms with Crippen molar-refractivity contribution in [3.05, 3.63) is 54.1 Å². The van der Waals surface area contributed by atoms with Crippen molar-refractivity contribution in [2.75, 3.05) is 23.7 Å². The quantitative estimate of drug-likeness (QED) is 0.923. The maximum atomic E-state index is 12.6. The molecule has 4 nitrogen and oxygen atoms in total. The van der Waals surface area contributed by atoms with Gasteiger partial charge < -0.3 is 5.32 Å². The number of aryl methyl sites for hydroxylation is 1. The summed E-state index contributed by atoms with van der Waals surface area (Å²) in [6.07, 6.45) is 0.933. The molecular weight excluding hydrogens is 284 g/mol. The molecule has 0 bridgehead atoms. The van der Waals surface area contributed by atoms with Crippen LogP contribution in [0.4, 0.5) is 11.4 Å². The zero-order valence-electron chi connectivity index (χ0n) is 12.5. The fourth-order valence-electron chi connectivity index (χ4n) is 2.03. The molecule has 21 heavy (non-hydrogen) atoms. The van der Waals surface area contributed by atoms with E-state index >= 15 is 0 Å². The summed E-state index contributed by atoms with van der Waals surface area (Å²) in [5.41, 5.74) is 2.72. The molecule has 0 saturated heterocycles. The van der Waals surface area contributed by atoms with Crippen molar-refractivity contribution in [3.8, 4) is 0 Å². The van der Waals surface area contributed by atoms with Gasteiger partial charge in [0, 0.05) is 19.8 Å². The third-order valence-corrected chi connectivity index (χ3v) is 5.31. The Hall–Kier alpha value is -2.01. The average Bonchev–Trinajstić information content (AvgIpc) is 2.54. The van der Waals surface area contributed by atoms with Gasteiger partial charge in [-0.2, -0.15) is 0 Å². The smallest absolute Gasteiger partial charge is 0.264 e. The van der Waals surface area contributed by atoms with Gasteiger partial charge in [-0.3, -0.25) is 4.31 Å². The Balaban J connectivity index is 2.32. The van der Waals surface area contributed by atoms with E-state index in [4.69, 9.17) is 0 Å². The van der Waals surface area contributed by atoms with E-state index in [1.807, 2.05) is 24.3 Å². The third kappa shape index (κ3) is 3.19. The lowest BCUT2D eigenvalue weighted by atomic mass is 10.1. The van der Waals surface area contributed by atoms with Crippen LogP contribution >= 0.6 is 0 Å². The van der Waals surface area contributed by atoms with Crippen LogP contribution in [0.1, 0.15) is 12.5 Å². The fraction of sp³-hybridized carbons (Fsp3) is 0.250. The van der Waals surface area contributed by atoms with Crippen molar-refractivity contribution in [1.29, 1.82) is 0 Å². The minimum Gasteiger partial charge on any atom is -0.388 e. The minimum absolute atomic E-state index is 0.281. The molecule has 0 aliphatic heterocycles. The molecule has 0 aliphatic rings. The lowest BCUT2D eigenvalue weighted by Crippen LogP contribution is -2.26. The highest BCUT2D eigenvalue weighted by atomic mass is 32.2. The molecule has 2 aromatic rings. The molecule has 0 amide bonds. The van der Waals surface area contributed by atoms with E-state index < -0.39 is 10.0 Å². The fourth-order valence-corrected chi connectivity index (χ4v) is 3.23. The number of benzene rings is 2. The number of anilines is 2. The molecule has 112 valence electrons. The number of hydrogen-bond donors (Lipinski definition) is 1. The molecule has 0 saturated carbocycles. The molecule has 2 aromatic carbocycles. The molecule has 5 heteroatoms. The molecule has 0 unspecified atom stereocenters. The first-order valence-electron chi connectivity index (χ1n) is 6.84. The predicted octanol–water partition coefficient (Wildman–Crippen LogP) is 3.12. The first-order valence-corrected chi connectivity index (χ1v) is 8.28. The summed E-state index contributed by atoms with van der Waals surface area (Å²) >= 11 is 0. The number of nitrogens with one attached hydrogen (secondary N) is 1. The Labute approximate surface area is 126 Å². The standard InChI is InChI=1S/C16H20N2O2S/c1-4-13-5-9-15(10-6-13)18(3)21(19,20)16-11-7-14(17-2)8-12-16/h5-12,17H,4H2,1-3H3. The molecule has 0 radical (unpaired) electrons. The van der Waals surface area contributed by atoms with Crippen molar-refractivity contribution < 1.29 is 8.42 Å². The van der Waals surface area contributed by atoms with Gasteiger partial charge in [0.1, 0.15) is 0 Å². The van der Waals surface area contributed by atoms with E-state index in [9.17, 15) is 8.42 Å². The van der Waals surface area contributed by atoms with Gasteiger partial charge in [-0.1, -0.05) is 19.1 Å². The maximum absolute atomic E-state index is 12.6. The zero-order valence-corrected chi connectivity index (χ0v) is 13.3. The summed E-state index contributed by atoms with van der Waals surface area (Å²) in [4.78, 5) is 0.281. The largest absolute Gasteiger partial charge is 0.388 e. The van der Waals surface area contributed by atoms with Crippen molar-refractivity contribution in [2.45, 2.75) is 18.2 Å². The highest BCUT2D eigenvalue weighted by molar-refractivity contribution is 7.92. The van der Waals surface area contributed by atoms with Crippen LogP contribution in [0.3, 0.4) is 0 Å². The van der Waals surface area contributed by atoms with Gasteiger partial charge in [0.15, 0.2) is 0 Å². The Morgan fingerprint density at radius 1 is 1.00 bits per heavy atom. The van der Waals surface area contributed by atoms with Gasteiger partial charge in [-0.05, 0) is 48.4 Å². The summed E-state index contributed by atoms with van der Waals surface area (Å²) in [7, 11) is -0.163. The van der Waals surface area contributed by atoms with Crippen molar-refractivity contribution in [2.24, 2.45) is 0 Å². The first kappa shape index (κ1) is 15.4. The van der Waals surface area contributed by atoms with E-state index in [1.54, 1.807) is 38.4 Å². The van der Waals surface area contributed by atoms with Crippen molar-refractivity contribution in [1.82, 2.24) is 0 Å². The van der Waals surface area contributed by atoms with E-state index in [2.05, 4.69) is 12.2 Å². The molecule has 1 N–H and O–H groups in total. The minimum atomic E-state index is -3.53. The van der Waals surface area contributed by atoms with Crippen molar-refractivity contribution in [3.63, 3.8) is 0 Å². The van der Waals surface area contributed by atoms with Gasteiger partial charge in [0.25, 0.3) is 10.0 Å². The van der Waals surface area contributed by atoms with Crippen LogP contribution in [0, 0.1) is 0 Å². The number of nitrogens with zero attached hydrogens (tertiary/aromatic N) is 1. The van der Waals surface area contributed by atoms with Gasteiger partial charge in [0.05, 0.1) is 10.6 Å². The first-order chi connectivity index (χ1) is 9.98. The normalized spacial score (nSPS) is 11.2. The van der Waals surface area contributed by atoms with Gasteiger partial charge in [-0.25, -0.2) is 8.42 Å². The summed E-state index contributed by atoms with van der Waals surface area (Å²) in [5.74, 6) is 0. The number of hydrogen-bond acceptors (Lipinski definition) is 3. The van der Waals surface area contributed by atoms with Gasteiger partial charge in [-0.15, -0.1) is 0 Å². The summed E-state index contributed by atoms with van der Waals surface area (Å²) in [6.45, 7) is 2.07. The third-order valence-electron chi connectivity index (χ3n) is 3.51. The Morgan fingerprint density at radius 3 is 2.05 bits per heavy atom. The summed E-state index contributed by atoms with van der Waals surface area (Å²) < 4.78 is 26.5. The molecule has 0 aromatic heterocycles.